The Morgan fingerprint density at radius 1 is 1.03 bits per heavy atom. The Morgan fingerprint density at radius 2 is 1.70 bits per heavy atom. The number of likely N-dealkylation sites (tertiary alicyclic amines) is 1. The lowest BCUT2D eigenvalue weighted by atomic mass is 9.49. The van der Waals surface area contributed by atoms with Crippen molar-refractivity contribution < 1.29 is 14.4 Å². The highest BCUT2D eigenvalue weighted by Crippen LogP contribution is 2.60. The smallest absolute Gasteiger partial charge is 0.251 e. The van der Waals surface area contributed by atoms with Gasteiger partial charge in [0.2, 0.25) is 11.8 Å². The molecule has 1 unspecified atom stereocenters. The van der Waals surface area contributed by atoms with Gasteiger partial charge in [0.05, 0.1) is 5.41 Å². The molecule has 1 atom stereocenters. The SMILES string of the molecule is CNC(=O)c1cccc(NC(=O)C2CCCN2C(=O)C23CC4CC(CC(C4)C2)C3)c1. The summed E-state index contributed by atoms with van der Waals surface area (Å²) in [4.78, 5) is 40.6. The number of benzene rings is 1. The van der Waals surface area contributed by atoms with Crippen molar-refractivity contribution in [3.63, 3.8) is 0 Å². The van der Waals surface area contributed by atoms with Crippen molar-refractivity contribution in [2.45, 2.75) is 57.4 Å². The van der Waals surface area contributed by atoms with E-state index in [1.807, 2.05) is 4.90 Å². The molecule has 4 saturated carbocycles. The second-order valence-electron chi connectivity index (χ2n) is 10.0. The molecule has 5 aliphatic rings. The first-order valence-electron chi connectivity index (χ1n) is 11.4. The Kier molecular flexibility index (Phi) is 4.83. The summed E-state index contributed by atoms with van der Waals surface area (Å²) >= 11 is 0. The molecule has 1 aromatic rings. The van der Waals surface area contributed by atoms with Crippen LogP contribution in [-0.4, -0.2) is 42.3 Å². The third-order valence-corrected chi connectivity index (χ3v) is 7.93. The lowest BCUT2D eigenvalue weighted by Gasteiger charge is -2.56. The molecule has 0 spiro atoms. The van der Waals surface area contributed by atoms with E-state index in [0.717, 1.165) is 25.7 Å². The summed E-state index contributed by atoms with van der Waals surface area (Å²) in [5.74, 6) is 2.04. The summed E-state index contributed by atoms with van der Waals surface area (Å²) in [6.45, 7) is 0.678. The first-order valence-corrected chi connectivity index (χ1v) is 11.4. The van der Waals surface area contributed by atoms with Crippen LogP contribution in [-0.2, 0) is 9.59 Å². The summed E-state index contributed by atoms with van der Waals surface area (Å²) in [6, 6.07) is 6.52. The van der Waals surface area contributed by atoms with Crippen molar-refractivity contribution in [3.05, 3.63) is 29.8 Å². The molecule has 0 radical (unpaired) electrons. The highest BCUT2D eigenvalue weighted by molar-refractivity contribution is 6.00. The van der Waals surface area contributed by atoms with Gasteiger partial charge in [-0.2, -0.15) is 0 Å². The van der Waals surface area contributed by atoms with Crippen LogP contribution in [0.4, 0.5) is 5.69 Å². The summed E-state index contributed by atoms with van der Waals surface area (Å²) in [5, 5.41) is 5.55. The van der Waals surface area contributed by atoms with E-state index in [1.165, 1.54) is 19.3 Å². The molecule has 1 heterocycles. The van der Waals surface area contributed by atoms with Gasteiger partial charge in [0.1, 0.15) is 6.04 Å². The summed E-state index contributed by atoms with van der Waals surface area (Å²) in [7, 11) is 1.58. The van der Waals surface area contributed by atoms with Crippen LogP contribution in [0, 0.1) is 23.2 Å². The number of carbonyl (C=O) groups excluding carboxylic acids is 3. The number of carbonyl (C=O) groups is 3. The standard InChI is InChI=1S/C24H31N3O3/c1-25-21(28)18-4-2-5-19(11-18)26-22(29)20-6-3-7-27(20)23(30)24-12-15-8-16(13-24)10-17(9-15)14-24/h2,4-5,11,15-17,20H,3,6-10,12-14H2,1H3,(H,25,28)(H,26,29). The molecule has 160 valence electrons. The van der Waals surface area contributed by atoms with Crippen molar-refractivity contribution in [1.82, 2.24) is 10.2 Å². The van der Waals surface area contributed by atoms with E-state index in [2.05, 4.69) is 10.6 Å². The number of hydrogen-bond acceptors (Lipinski definition) is 3. The Labute approximate surface area is 177 Å². The topological polar surface area (TPSA) is 78.5 Å². The van der Waals surface area contributed by atoms with Gasteiger partial charge < -0.3 is 15.5 Å². The molecule has 4 aliphatic carbocycles. The highest BCUT2D eigenvalue weighted by atomic mass is 16.2. The van der Waals surface area contributed by atoms with Gasteiger partial charge in [-0.3, -0.25) is 14.4 Å². The van der Waals surface area contributed by atoms with Gasteiger partial charge in [0.25, 0.3) is 5.91 Å². The zero-order chi connectivity index (χ0) is 20.9. The van der Waals surface area contributed by atoms with Crippen LogP contribution in [0.15, 0.2) is 24.3 Å². The fraction of sp³-hybridized carbons (Fsp3) is 0.625. The molecule has 0 aromatic heterocycles. The molecule has 1 aliphatic heterocycles. The van der Waals surface area contributed by atoms with E-state index in [-0.39, 0.29) is 23.1 Å². The first-order chi connectivity index (χ1) is 14.5. The van der Waals surface area contributed by atoms with E-state index >= 15 is 0 Å². The van der Waals surface area contributed by atoms with Gasteiger partial charge in [-0.05, 0) is 87.3 Å². The van der Waals surface area contributed by atoms with Crippen LogP contribution in [0.2, 0.25) is 0 Å². The van der Waals surface area contributed by atoms with Gasteiger partial charge >= 0.3 is 0 Å². The number of hydrogen-bond donors (Lipinski definition) is 2. The molecular weight excluding hydrogens is 378 g/mol. The maximum absolute atomic E-state index is 13.7. The molecule has 3 amide bonds. The van der Waals surface area contributed by atoms with E-state index in [1.54, 1.807) is 31.3 Å². The van der Waals surface area contributed by atoms with E-state index in [9.17, 15) is 14.4 Å². The Bertz CT molecular complexity index is 845. The van der Waals surface area contributed by atoms with Gasteiger partial charge in [-0.1, -0.05) is 6.07 Å². The molecule has 1 aromatic carbocycles. The summed E-state index contributed by atoms with van der Waals surface area (Å²) in [6.07, 6.45) is 8.56. The van der Waals surface area contributed by atoms with Crippen LogP contribution in [0.3, 0.4) is 0 Å². The predicted octanol–water partition coefficient (Wildman–Crippen LogP) is 3.19. The Hall–Kier alpha value is -2.37. The lowest BCUT2D eigenvalue weighted by molar-refractivity contribution is -0.160. The third-order valence-electron chi connectivity index (χ3n) is 7.93. The summed E-state index contributed by atoms with van der Waals surface area (Å²) < 4.78 is 0. The average molecular weight is 410 g/mol. The van der Waals surface area contributed by atoms with Gasteiger partial charge in [-0.25, -0.2) is 0 Å². The molecular formula is C24H31N3O3. The van der Waals surface area contributed by atoms with E-state index < -0.39 is 6.04 Å². The Morgan fingerprint density at radius 3 is 2.33 bits per heavy atom. The average Bonchev–Trinajstić information content (AvgIpc) is 3.21. The second-order valence-corrected chi connectivity index (χ2v) is 10.0. The minimum Gasteiger partial charge on any atom is -0.355 e. The summed E-state index contributed by atoms with van der Waals surface area (Å²) in [5.41, 5.74) is 0.884. The second kappa shape index (κ2) is 7.40. The molecule has 5 fully saturated rings. The minimum atomic E-state index is -0.408. The third kappa shape index (κ3) is 3.30. The molecule has 2 N–H and O–H groups in total. The maximum Gasteiger partial charge on any atom is 0.251 e. The largest absolute Gasteiger partial charge is 0.355 e. The van der Waals surface area contributed by atoms with E-state index in [0.29, 0.717) is 42.0 Å². The Balaban J connectivity index is 1.31. The van der Waals surface area contributed by atoms with Crippen LogP contribution in [0.1, 0.15) is 61.7 Å². The number of rotatable bonds is 4. The number of nitrogens with one attached hydrogen (secondary N) is 2. The minimum absolute atomic E-state index is 0.139. The fourth-order valence-corrected chi connectivity index (χ4v) is 7.07. The van der Waals surface area contributed by atoms with Crippen molar-refractivity contribution in [3.8, 4) is 0 Å². The normalized spacial score (nSPS) is 34.1. The van der Waals surface area contributed by atoms with Crippen LogP contribution >= 0.6 is 0 Å². The van der Waals surface area contributed by atoms with Crippen LogP contribution in [0.5, 0.6) is 0 Å². The number of anilines is 1. The highest BCUT2D eigenvalue weighted by Gasteiger charge is 2.56. The molecule has 30 heavy (non-hydrogen) atoms. The van der Waals surface area contributed by atoms with Gasteiger partial charge in [-0.15, -0.1) is 0 Å². The van der Waals surface area contributed by atoms with Gasteiger partial charge in [0.15, 0.2) is 0 Å². The zero-order valence-electron chi connectivity index (χ0n) is 17.7. The lowest BCUT2D eigenvalue weighted by Crippen LogP contribution is -2.56. The predicted molar refractivity (Wildman–Crippen MR) is 114 cm³/mol. The number of amides is 3. The monoisotopic (exact) mass is 409 g/mol. The van der Waals surface area contributed by atoms with Crippen LogP contribution < -0.4 is 10.6 Å². The molecule has 6 nitrogen and oxygen atoms in total. The van der Waals surface area contributed by atoms with Gasteiger partial charge in [0, 0.05) is 24.8 Å². The maximum atomic E-state index is 13.7. The molecule has 6 heteroatoms. The zero-order valence-corrected chi connectivity index (χ0v) is 17.7. The van der Waals surface area contributed by atoms with Crippen molar-refractivity contribution >= 4 is 23.4 Å². The van der Waals surface area contributed by atoms with Crippen molar-refractivity contribution in [2.24, 2.45) is 23.2 Å². The van der Waals surface area contributed by atoms with E-state index in [4.69, 9.17) is 0 Å². The first kappa shape index (κ1) is 19.6. The molecule has 1 saturated heterocycles. The van der Waals surface area contributed by atoms with Crippen molar-refractivity contribution in [1.29, 1.82) is 0 Å². The number of nitrogens with zero attached hydrogens (tertiary/aromatic N) is 1. The quantitative estimate of drug-likeness (QED) is 0.802. The van der Waals surface area contributed by atoms with Crippen LogP contribution in [0.25, 0.3) is 0 Å². The van der Waals surface area contributed by atoms with Crippen molar-refractivity contribution in [2.75, 3.05) is 18.9 Å². The molecule has 6 rings (SSSR count). The molecule has 4 bridgehead atoms. The fourth-order valence-electron chi connectivity index (χ4n) is 7.07.